The predicted molar refractivity (Wildman–Crippen MR) is 115 cm³/mol. The highest BCUT2D eigenvalue weighted by molar-refractivity contribution is 6.00. The summed E-state index contributed by atoms with van der Waals surface area (Å²) in [5, 5.41) is 11.2. The maximum atomic E-state index is 12.2. The third-order valence-electron chi connectivity index (χ3n) is 4.38. The molecule has 7 nitrogen and oxygen atoms in total. The molecule has 150 valence electrons. The lowest BCUT2D eigenvalue weighted by Gasteiger charge is -2.18. The minimum Gasteiger partial charge on any atom is -0.337 e. The van der Waals surface area contributed by atoms with Crippen LogP contribution in [-0.4, -0.2) is 43.1 Å². The summed E-state index contributed by atoms with van der Waals surface area (Å²) in [6, 6.07) is 14.0. The molecule has 0 atom stereocenters. The SMILES string of the molecule is CCN(CC)CCNC(=O)Nc1cc(NC(=O)Nc2ccccc2)ccc1C. The first kappa shape index (κ1) is 21.2. The number of rotatable bonds is 8. The summed E-state index contributed by atoms with van der Waals surface area (Å²) in [5.74, 6) is 0. The Morgan fingerprint density at radius 1 is 0.857 bits per heavy atom. The van der Waals surface area contributed by atoms with Crippen LogP contribution in [0.2, 0.25) is 0 Å². The largest absolute Gasteiger partial charge is 0.337 e. The van der Waals surface area contributed by atoms with E-state index >= 15 is 0 Å². The van der Waals surface area contributed by atoms with Gasteiger partial charge in [-0.05, 0) is 49.8 Å². The predicted octanol–water partition coefficient (Wildman–Crippen LogP) is 4.10. The van der Waals surface area contributed by atoms with E-state index in [0.717, 1.165) is 25.2 Å². The number of amides is 4. The number of likely N-dealkylation sites (N-methyl/N-ethyl adjacent to an activating group) is 1. The maximum Gasteiger partial charge on any atom is 0.323 e. The van der Waals surface area contributed by atoms with Crippen LogP contribution in [0.4, 0.5) is 26.7 Å². The second kappa shape index (κ2) is 10.9. The number of nitrogens with one attached hydrogen (secondary N) is 4. The Labute approximate surface area is 166 Å². The number of aryl methyl sites for hydroxylation is 1. The van der Waals surface area contributed by atoms with Crippen molar-refractivity contribution in [1.82, 2.24) is 10.2 Å². The molecule has 0 heterocycles. The molecule has 4 N–H and O–H groups in total. The van der Waals surface area contributed by atoms with Crippen LogP contribution in [0.1, 0.15) is 19.4 Å². The Kier molecular flexibility index (Phi) is 8.30. The lowest BCUT2D eigenvalue weighted by molar-refractivity contribution is 0.247. The zero-order valence-electron chi connectivity index (χ0n) is 16.7. The van der Waals surface area contributed by atoms with Crippen LogP contribution < -0.4 is 21.3 Å². The van der Waals surface area contributed by atoms with E-state index in [4.69, 9.17) is 0 Å². The molecule has 0 saturated heterocycles. The Morgan fingerprint density at radius 2 is 1.54 bits per heavy atom. The zero-order valence-corrected chi connectivity index (χ0v) is 16.7. The van der Waals surface area contributed by atoms with E-state index in [-0.39, 0.29) is 12.1 Å². The lowest BCUT2D eigenvalue weighted by atomic mass is 10.2. The zero-order chi connectivity index (χ0) is 20.4. The van der Waals surface area contributed by atoms with Crippen molar-refractivity contribution in [2.75, 3.05) is 42.1 Å². The summed E-state index contributed by atoms with van der Waals surface area (Å²) in [6.07, 6.45) is 0. The summed E-state index contributed by atoms with van der Waals surface area (Å²) in [7, 11) is 0. The fourth-order valence-corrected chi connectivity index (χ4v) is 2.68. The lowest BCUT2D eigenvalue weighted by Crippen LogP contribution is -2.37. The fourth-order valence-electron chi connectivity index (χ4n) is 2.68. The van der Waals surface area contributed by atoms with E-state index < -0.39 is 0 Å². The van der Waals surface area contributed by atoms with Gasteiger partial charge in [0.05, 0.1) is 0 Å². The quantitative estimate of drug-likeness (QED) is 0.554. The molecule has 2 aromatic carbocycles. The van der Waals surface area contributed by atoms with Crippen LogP contribution in [0.25, 0.3) is 0 Å². The Hall–Kier alpha value is -3.06. The highest BCUT2D eigenvalue weighted by Gasteiger charge is 2.08. The Balaban J connectivity index is 1.89. The van der Waals surface area contributed by atoms with Gasteiger partial charge in [0, 0.05) is 30.2 Å². The van der Waals surface area contributed by atoms with Crippen LogP contribution in [0.5, 0.6) is 0 Å². The van der Waals surface area contributed by atoms with E-state index in [9.17, 15) is 9.59 Å². The standard InChI is InChI=1S/C21H29N5O2/c1-4-26(5-2)14-13-22-20(27)25-19-15-18(12-11-16(19)3)24-21(28)23-17-9-7-6-8-10-17/h6-12,15H,4-5,13-14H2,1-3H3,(H2,22,25,27)(H2,23,24,28). The summed E-state index contributed by atoms with van der Waals surface area (Å²) < 4.78 is 0. The molecule has 0 aromatic heterocycles. The van der Waals surface area contributed by atoms with Crippen LogP contribution >= 0.6 is 0 Å². The van der Waals surface area contributed by atoms with E-state index in [2.05, 4.69) is 40.0 Å². The molecule has 0 aliphatic rings. The van der Waals surface area contributed by atoms with Gasteiger partial charge >= 0.3 is 12.1 Å². The van der Waals surface area contributed by atoms with Crippen molar-refractivity contribution in [2.24, 2.45) is 0 Å². The number of hydrogen-bond donors (Lipinski definition) is 4. The van der Waals surface area contributed by atoms with Crippen molar-refractivity contribution in [1.29, 1.82) is 0 Å². The third-order valence-corrected chi connectivity index (χ3v) is 4.38. The second-order valence-corrected chi connectivity index (χ2v) is 6.38. The van der Waals surface area contributed by atoms with E-state index in [1.165, 1.54) is 0 Å². The van der Waals surface area contributed by atoms with Crippen molar-refractivity contribution in [2.45, 2.75) is 20.8 Å². The number of hydrogen-bond acceptors (Lipinski definition) is 3. The number of carbonyl (C=O) groups excluding carboxylic acids is 2. The molecule has 0 radical (unpaired) electrons. The van der Waals surface area contributed by atoms with E-state index in [1.807, 2.05) is 43.3 Å². The third kappa shape index (κ3) is 6.92. The number of carbonyl (C=O) groups is 2. The molecule has 0 spiro atoms. The van der Waals surface area contributed by atoms with Gasteiger partial charge in [-0.2, -0.15) is 0 Å². The molecule has 7 heteroatoms. The Morgan fingerprint density at radius 3 is 2.21 bits per heavy atom. The summed E-state index contributed by atoms with van der Waals surface area (Å²) in [6.45, 7) is 9.39. The molecule has 0 unspecified atom stereocenters. The molecular formula is C21H29N5O2. The van der Waals surface area contributed by atoms with E-state index in [1.54, 1.807) is 12.1 Å². The summed E-state index contributed by atoms with van der Waals surface area (Å²) in [5.41, 5.74) is 2.86. The molecule has 0 saturated carbocycles. The highest BCUT2D eigenvalue weighted by atomic mass is 16.2. The molecule has 0 bridgehead atoms. The molecule has 0 fully saturated rings. The Bertz CT molecular complexity index is 776. The van der Waals surface area contributed by atoms with Gasteiger partial charge in [-0.25, -0.2) is 9.59 Å². The van der Waals surface area contributed by atoms with Crippen molar-refractivity contribution >= 4 is 29.1 Å². The normalized spacial score (nSPS) is 10.4. The van der Waals surface area contributed by atoms with Crippen molar-refractivity contribution in [3.63, 3.8) is 0 Å². The second-order valence-electron chi connectivity index (χ2n) is 6.38. The molecule has 0 aliphatic heterocycles. The van der Waals surface area contributed by atoms with E-state index in [0.29, 0.717) is 23.6 Å². The number of urea groups is 2. The first-order valence-corrected chi connectivity index (χ1v) is 9.52. The first-order valence-electron chi connectivity index (χ1n) is 9.52. The first-order chi connectivity index (χ1) is 13.5. The average Bonchev–Trinajstić information content (AvgIpc) is 2.68. The minimum atomic E-state index is -0.343. The number of anilines is 3. The van der Waals surface area contributed by atoms with Crippen molar-refractivity contribution < 1.29 is 9.59 Å². The topological polar surface area (TPSA) is 85.5 Å². The van der Waals surface area contributed by atoms with Gasteiger partial charge in [-0.15, -0.1) is 0 Å². The fraction of sp³-hybridized carbons (Fsp3) is 0.333. The molecule has 2 rings (SSSR count). The van der Waals surface area contributed by atoms with Gasteiger partial charge in [0.2, 0.25) is 0 Å². The maximum absolute atomic E-state index is 12.2. The van der Waals surface area contributed by atoms with Gasteiger partial charge in [0.25, 0.3) is 0 Å². The minimum absolute atomic E-state index is 0.263. The van der Waals surface area contributed by atoms with Gasteiger partial charge in [-0.1, -0.05) is 38.1 Å². The van der Waals surface area contributed by atoms with Gasteiger partial charge in [0.15, 0.2) is 0 Å². The number of benzene rings is 2. The summed E-state index contributed by atoms with van der Waals surface area (Å²) in [4.78, 5) is 26.5. The molecule has 28 heavy (non-hydrogen) atoms. The number of nitrogens with zero attached hydrogens (tertiary/aromatic N) is 1. The van der Waals surface area contributed by atoms with Gasteiger partial charge in [0.1, 0.15) is 0 Å². The molecule has 0 aliphatic carbocycles. The summed E-state index contributed by atoms with van der Waals surface area (Å²) >= 11 is 0. The highest BCUT2D eigenvalue weighted by Crippen LogP contribution is 2.20. The van der Waals surface area contributed by atoms with Crippen LogP contribution in [-0.2, 0) is 0 Å². The average molecular weight is 383 g/mol. The van der Waals surface area contributed by atoms with Gasteiger partial charge < -0.3 is 26.2 Å². The number of para-hydroxylation sites is 1. The van der Waals surface area contributed by atoms with Crippen molar-refractivity contribution in [3.8, 4) is 0 Å². The molecule has 4 amide bonds. The van der Waals surface area contributed by atoms with Crippen LogP contribution in [0.3, 0.4) is 0 Å². The molecule has 2 aromatic rings. The van der Waals surface area contributed by atoms with Crippen molar-refractivity contribution in [3.05, 3.63) is 54.1 Å². The van der Waals surface area contributed by atoms with Gasteiger partial charge in [-0.3, -0.25) is 0 Å². The van der Waals surface area contributed by atoms with Crippen LogP contribution in [0.15, 0.2) is 48.5 Å². The smallest absolute Gasteiger partial charge is 0.323 e. The van der Waals surface area contributed by atoms with Crippen LogP contribution in [0, 0.1) is 6.92 Å². The monoisotopic (exact) mass is 383 g/mol. The molecular weight excluding hydrogens is 354 g/mol.